The van der Waals surface area contributed by atoms with Crippen LogP contribution in [0.4, 0.5) is 0 Å². The summed E-state index contributed by atoms with van der Waals surface area (Å²) in [6, 6.07) is 19.1. The topological polar surface area (TPSA) is 76.1 Å². The van der Waals surface area contributed by atoms with Crippen molar-refractivity contribution in [2.24, 2.45) is 0 Å². The molecule has 1 aliphatic rings. The summed E-state index contributed by atoms with van der Waals surface area (Å²) in [5.74, 6) is 0.295. The maximum atomic E-state index is 13.4. The Labute approximate surface area is 180 Å². The molecule has 1 aliphatic heterocycles. The fourth-order valence-corrected chi connectivity index (χ4v) is 3.55. The fraction of sp³-hybridized carbons (Fsp3) is 0.120. The van der Waals surface area contributed by atoms with Gasteiger partial charge in [-0.25, -0.2) is 0 Å². The predicted molar refractivity (Wildman–Crippen MR) is 117 cm³/mol. The van der Waals surface area contributed by atoms with Crippen molar-refractivity contribution >= 4 is 23.5 Å². The molecule has 0 saturated carbocycles. The van der Waals surface area contributed by atoms with Crippen molar-refractivity contribution in [1.29, 1.82) is 0 Å². The van der Waals surface area contributed by atoms with Crippen molar-refractivity contribution in [3.63, 3.8) is 0 Å². The van der Waals surface area contributed by atoms with Gasteiger partial charge >= 0.3 is 0 Å². The molecule has 0 bridgehead atoms. The van der Waals surface area contributed by atoms with Crippen LogP contribution < -0.4 is 9.47 Å². The van der Waals surface area contributed by atoms with E-state index in [2.05, 4.69) is 0 Å². The highest BCUT2D eigenvalue weighted by Gasteiger charge is 2.34. The molecule has 0 unspecified atom stereocenters. The Morgan fingerprint density at radius 2 is 1.58 bits per heavy atom. The average molecular weight is 415 g/mol. The van der Waals surface area contributed by atoms with Crippen molar-refractivity contribution in [1.82, 2.24) is 4.90 Å². The van der Waals surface area contributed by atoms with Crippen LogP contribution >= 0.6 is 0 Å². The first-order valence-corrected chi connectivity index (χ1v) is 9.69. The smallest absolute Gasteiger partial charge is 0.261 e. The largest absolute Gasteiger partial charge is 0.504 e. The lowest BCUT2D eigenvalue weighted by atomic mass is 9.91. The summed E-state index contributed by atoms with van der Waals surface area (Å²) in [6.45, 7) is 0.145. The van der Waals surface area contributed by atoms with Gasteiger partial charge in [-0.15, -0.1) is 0 Å². The molecule has 0 saturated heterocycles. The van der Waals surface area contributed by atoms with Crippen molar-refractivity contribution in [2.45, 2.75) is 6.54 Å². The number of ether oxygens (including phenoxy) is 2. The third kappa shape index (κ3) is 3.88. The van der Waals surface area contributed by atoms with Crippen molar-refractivity contribution < 1.29 is 24.2 Å². The Hall–Kier alpha value is -4.06. The molecule has 1 N–H and O–H groups in total. The van der Waals surface area contributed by atoms with E-state index in [0.29, 0.717) is 33.8 Å². The van der Waals surface area contributed by atoms with E-state index in [4.69, 9.17) is 9.47 Å². The molecule has 0 aromatic heterocycles. The van der Waals surface area contributed by atoms with Gasteiger partial charge in [0.15, 0.2) is 11.5 Å². The van der Waals surface area contributed by atoms with Crippen LogP contribution in [0.2, 0.25) is 0 Å². The quantitative estimate of drug-likeness (QED) is 0.501. The maximum absolute atomic E-state index is 13.4. The summed E-state index contributed by atoms with van der Waals surface area (Å²) in [4.78, 5) is 27.7. The molecular formula is C25H21NO5. The second-order valence-electron chi connectivity index (χ2n) is 7.08. The lowest BCUT2D eigenvalue weighted by molar-refractivity contribution is -0.123. The Morgan fingerprint density at radius 1 is 0.871 bits per heavy atom. The van der Waals surface area contributed by atoms with Gasteiger partial charge in [0.25, 0.3) is 11.8 Å². The number of amides is 2. The minimum Gasteiger partial charge on any atom is -0.504 e. The van der Waals surface area contributed by atoms with Gasteiger partial charge in [0.2, 0.25) is 0 Å². The van der Waals surface area contributed by atoms with Crippen molar-refractivity contribution in [3.8, 4) is 17.2 Å². The predicted octanol–water partition coefficient (Wildman–Crippen LogP) is 4.13. The number of benzene rings is 3. The number of imide groups is 1. The summed E-state index contributed by atoms with van der Waals surface area (Å²) >= 11 is 0. The second-order valence-corrected chi connectivity index (χ2v) is 7.08. The van der Waals surface area contributed by atoms with Crippen LogP contribution in [-0.2, 0) is 11.3 Å². The maximum Gasteiger partial charge on any atom is 0.261 e. The van der Waals surface area contributed by atoms with Crippen molar-refractivity contribution in [2.75, 3.05) is 14.2 Å². The minimum absolute atomic E-state index is 0.0105. The zero-order valence-electron chi connectivity index (χ0n) is 17.2. The molecule has 0 aliphatic carbocycles. The number of fused-ring (bicyclic) bond motifs is 1. The number of carbonyl (C=O) groups excluding carboxylic acids is 2. The van der Waals surface area contributed by atoms with Crippen molar-refractivity contribution in [3.05, 3.63) is 89.0 Å². The monoisotopic (exact) mass is 415 g/mol. The Kier molecular flexibility index (Phi) is 5.45. The molecule has 0 atom stereocenters. The first-order chi connectivity index (χ1) is 15.0. The summed E-state index contributed by atoms with van der Waals surface area (Å²) in [5.41, 5.74) is 2.93. The molecule has 31 heavy (non-hydrogen) atoms. The van der Waals surface area contributed by atoms with E-state index in [1.807, 2.05) is 12.1 Å². The number of methoxy groups -OCH3 is 2. The number of rotatable bonds is 5. The van der Waals surface area contributed by atoms with Gasteiger partial charge in [-0.1, -0.05) is 36.4 Å². The van der Waals surface area contributed by atoms with Gasteiger partial charge in [0.1, 0.15) is 5.75 Å². The van der Waals surface area contributed by atoms with Gasteiger partial charge in [0.05, 0.1) is 20.8 Å². The highest BCUT2D eigenvalue weighted by Crippen LogP contribution is 2.33. The number of hydrogen-bond acceptors (Lipinski definition) is 5. The van der Waals surface area contributed by atoms with Gasteiger partial charge in [-0.2, -0.15) is 0 Å². The van der Waals surface area contributed by atoms with Gasteiger partial charge < -0.3 is 14.6 Å². The summed E-state index contributed by atoms with van der Waals surface area (Å²) in [5, 5.41) is 9.85. The van der Waals surface area contributed by atoms with Gasteiger partial charge in [-0.05, 0) is 53.1 Å². The van der Waals surface area contributed by atoms with E-state index in [-0.39, 0.29) is 24.1 Å². The molecule has 1 heterocycles. The Balaban J connectivity index is 1.76. The molecule has 0 fully saturated rings. The van der Waals surface area contributed by atoms with E-state index in [0.717, 1.165) is 5.56 Å². The normalized spacial score (nSPS) is 14.5. The molecule has 6 nitrogen and oxygen atoms in total. The Bertz CT molecular complexity index is 1180. The SMILES string of the molecule is COc1ccc(CN2C(=O)/C(=C/c3ccc(O)c(OC)c3)c3ccccc3C2=O)cc1. The van der Waals surface area contributed by atoms with E-state index < -0.39 is 0 Å². The fourth-order valence-electron chi connectivity index (χ4n) is 3.55. The van der Waals surface area contributed by atoms with Crippen LogP contribution in [-0.4, -0.2) is 36.0 Å². The van der Waals surface area contributed by atoms with Crippen LogP contribution in [0.15, 0.2) is 66.7 Å². The third-order valence-corrected chi connectivity index (χ3v) is 5.18. The number of nitrogens with zero attached hydrogens (tertiary/aromatic N) is 1. The van der Waals surface area contributed by atoms with Gasteiger partial charge in [0, 0.05) is 11.1 Å². The zero-order valence-corrected chi connectivity index (χ0v) is 17.2. The first kappa shape index (κ1) is 20.2. The molecule has 0 spiro atoms. The number of aromatic hydroxyl groups is 1. The molecular weight excluding hydrogens is 394 g/mol. The molecule has 2 amide bonds. The molecule has 4 rings (SSSR count). The molecule has 0 radical (unpaired) electrons. The van der Waals surface area contributed by atoms with E-state index >= 15 is 0 Å². The standard InChI is InChI=1S/C25H21NO5/c1-30-18-10-7-16(8-11-18)15-26-24(28)20-6-4-3-5-19(20)21(25(26)29)13-17-9-12-22(27)23(14-17)31-2/h3-14,27H,15H2,1-2H3/b21-13+. The summed E-state index contributed by atoms with van der Waals surface area (Å²) in [7, 11) is 3.04. The van der Waals surface area contributed by atoms with Crippen LogP contribution in [0.5, 0.6) is 17.2 Å². The lowest BCUT2D eigenvalue weighted by Gasteiger charge is -2.29. The third-order valence-electron chi connectivity index (χ3n) is 5.18. The minimum atomic E-state index is -0.383. The lowest BCUT2D eigenvalue weighted by Crippen LogP contribution is -2.41. The highest BCUT2D eigenvalue weighted by atomic mass is 16.5. The zero-order chi connectivity index (χ0) is 22.0. The van der Waals surface area contributed by atoms with Crippen LogP contribution in [0, 0.1) is 0 Å². The van der Waals surface area contributed by atoms with Crippen LogP contribution in [0.3, 0.4) is 0 Å². The number of hydrogen-bond donors (Lipinski definition) is 1. The number of phenolic OH excluding ortho intramolecular Hbond substituents is 1. The molecule has 3 aromatic rings. The van der Waals surface area contributed by atoms with E-state index in [1.165, 1.54) is 18.1 Å². The second kappa shape index (κ2) is 8.36. The first-order valence-electron chi connectivity index (χ1n) is 9.69. The summed E-state index contributed by atoms with van der Waals surface area (Å²) in [6.07, 6.45) is 1.70. The van der Waals surface area contributed by atoms with Crippen LogP contribution in [0.25, 0.3) is 11.6 Å². The molecule has 6 heteroatoms. The molecule has 3 aromatic carbocycles. The average Bonchev–Trinajstić information content (AvgIpc) is 2.81. The highest BCUT2D eigenvalue weighted by molar-refractivity contribution is 6.33. The molecule has 156 valence electrons. The van der Waals surface area contributed by atoms with E-state index in [1.54, 1.807) is 61.7 Å². The van der Waals surface area contributed by atoms with Crippen LogP contribution in [0.1, 0.15) is 27.0 Å². The number of phenols is 1. The number of carbonyl (C=O) groups is 2. The van der Waals surface area contributed by atoms with Gasteiger partial charge in [-0.3, -0.25) is 14.5 Å². The Morgan fingerprint density at radius 3 is 2.26 bits per heavy atom. The summed E-state index contributed by atoms with van der Waals surface area (Å²) < 4.78 is 10.3. The van der Waals surface area contributed by atoms with E-state index in [9.17, 15) is 14.7 Å².